The molecule has 1 atom stereocenters. The zero-order valence-electron chi connectivity index (χ0n) is 18.4. The molecule has 0 aliphatic carbocycles. The van der Waals surface area contributed by atoms with Gasteiger partial charge >= 0.3 is 5.97 Å². The fourth-order valence-electron chi connectivity index (χ4n) is 3.61. The third-order valence-corrected chi connectivity index (χ3v) is 6.08. The Morgan fingerprint density at radius 3 is 2.62 bits per heavy atom. The number of amides is 1. The third kappa shape index (κ3) is 5.19. The number of ether oxygens (including phenoxy) is 1. The van der Waals surface area contributed by atoms with Crippen molar-refractivity contribution >= 4 is 29.3 Å². The number of para-hydroxylation sites is 1. The monoisotopic (exact) mass is 450 g/mol. The molecule has 32 heavy (non-hydrogen) atoms. The third-order valence-electron chi connectivity index (χ3n) is 4.97. The number of esters is 1. The number of carbonyl (C=O) groups excluding carboxylic acids is 2. The highest BCUT2D eigenvalue weighted by atomic mass is 32.2. The number of nitrogens with one attached hydrogen (secondary N) is 1. The van der Waals surface area contributed by atoms with Crippen molar-refractivity contribution in [3.63, 3.8) is 0 Å². The Bertz CT molecular complexity index is 1110. The molecule has 0 saturated heterocycles. The fraction of sp³-hybridized carbons (Fsp3) is 0.333. The topological polar surface area (TPSA) is 88.2 Å². The summed E-state index contributed by atoms with van der Waals surface area (Å²) in [6.45, 7) is 5.31. The van der Waals surface area contributed by atoms with E-state index in [4.69, 9.17) is 4.74 Å². The van der Waals surface area contributed by atoms with Gasteiger partial charge in [-0.05, 0) is 45.2 Å². The minimum absolute atomic E-state index is 0.132. The lowest BCUT2D eigenvalue weighted by Crippen LogP contribution is -2.42. The van der Waals surface area contributed by atoms with Crippen LogP contribution in [0.5, 0.6) is 0 Å². The minimum atomic E-state index is -0.619. The smallest absolute Gasteiger partial charge is 0.326 e. The predicted molar refractivity (Wildman–Crippen MR) is 124 cm³/mol. The Hall–Kier alpha value is -3.13. The summed E-state index contributed by atoms with van der Waals surface area (Å²) in [4.78, 5) is 32.2. The van der Waals surface area contributed by atoms with E-state index in [0.717, 1.165) is 23.2 Å². The average Bonchev–Trinajstić information content (AvgIpc) is 3.18. The molecule has 2 heterocycles. The number of hydrogen-bond acceptors (Lipinski definition) is 6. The van der Waals surface area contributed by atoms with Gasteiger partial charge in [0, 0.05) is 11.3 Å². The van der Waals surface area contributed by atoms with Crippen LogP contribution in [0, 0.1) is 0 Å². The van der Waals surface area contributed by atoms with Gasteiger partial charge in [-0.2, -0.15) is 0 Å². The van der Waals surface area contributed by atoms with Crippen molar-refractivity contribution in [2.45, 2.75) is 49.6 Å². The number of aromatic nitrogens is 3. The molecule has 3 aromatic rings. The van der Waals surface area contributed by atoms with E-state index in [1.807, 2.05) is 75.4 Å². The van der Waals surface area contributed by atoms with Crippen LogP contribution < -0.4 is 4.90 Å². The Morgan fingerprint density at radius 1 is 1.16 bits per heavy atom. The van der Waals surface area contributed by atoms with Crippen LogP contribution in [0.2, 0.25) is 0 Å². The number of thioether (sulfide) groups is 1. The molecule has 0 radical (unpaired) electrons. The van der Waals surface area contributed by atoms with Gasteiger partial charge in [0.05, 0.1) is 5.25 Å². The van der Waals surface area contributed by atoms with Crippen molar-refractivity contribution in [3.05, 3.63) is 60.2 Å². The summed E-state index contributed by atoms with van der Waals surface area (Å²) < 4.78 is 5.48. The molecule has 0 saturated carbocycles. The molecule has 0 spiro atoms. The Labute approximate surface area is 191 Å². The lowest BCUT2D eigenvalue weighted by molar-refractivity contribution is -0.153. The van der Waals surface area contributed by atoms with Crippen LogP contribution in [0.4, 0.5) is 5.69 Å². The first-order valence-corrected chi connectivity index (χ1v) is 11.4. The van der Waals surface area contributed by atoms with Crippen LogP contribution in [0.25, 0.3) is 11.4 Å². The molecule has 1 aliphatic rings. The van der Waals surface area contributed by atoms with E-state index in [9.17, 15) is 9.59 Å². The maximum absolute atomic E-state index is 13.5. The van der Waals surface area contributed by atoms with Crippen LogP contribution in [0.15, 0.2) is 59.8 Å². The van der Waals surface area contributed by atoms with Crippen molar-refractivity contribution in [2.75, 3.05) is 11.4 Å². The number of benzene rings is 2. The Morgan fingerprint density at radius 2 is 1.88 bits per heavy atom. The molecule has 7 nitrogen and oxygen atoms in total. The minimum Gasteiger partial charge on any atom is -0.459 e. The van der Waals surface area contributed by atoms with Gasteiger partial charge in [0.2, 0.25) is 11.1 Å². The van der Waals surface area contributed by atoms with E-state index >= 15 is 0 Å². The molecule has 4 rings (SSSR count). The molecule has 1 N–H and O–H groups in total. The quantitative estimate of drug-likeness (QED) is 0.585. The number of rotatable bonds is 5. The van der Waals surface area contributed by atoms with E-state index in [1.54, 1.807) is 4.90 Å². The van der Waals surface area contributed by atoms with Gasteiger partial charge in [-0.25, -0.2) is 4.98 Å². The van der Waals surface area contributed by atoms with Crippen molar-refractivity contribution < 1.29 is 14.3 Å². The molecule has 1 aliphatic heterocycles. The number of aryl methyl sites for hydroxylation is 1. The highest BCUT2D eigenvalue weighted by molar-refractivity contribution is 8.00. The van der Waals surface area contributed by atoms with E-state index in [1.165, 1.54) is 11.8 Å². The molecule has 1 amide bonds. The molecule has 2 aromatic carbocycles. The molecule has 0 unspecified atom stereocenters. The normalized spacial score (nSPS) is 16.4. The predicted octanol–water partition coefficient (Wildman–Crippen LogP) is 4.25. The van der Waals surface area contributed by atoms with Crippen LogP contribution in [0.1, 0.15) is 32.8 Å². The molecule has 1 aromatic heterocycles. The first-order chi connectivity index (χ1) is 15.3. The maximum Gasteiger partial charge on any atom is 0.326 e. The van der Waals surface area contributed by atoms with Crippen LogP contribution in [0.3, 0.4) is 0 Å². The molecule has 8 heteroatoms. The highest BCUT2D eigenvalue weighted by Crippen LogP contribution is 2.34. The summed E-state index contributed by atoms with van der Waals surface area (Å²) in [5, 5.41) is 7.34. The Balaban J connectivity index is 1.56. The second-order valence-corrected chi connectivity index (χ2v) is 9.79. The van der Waals surface area contributed by atoms with Gasteiger partial charge < -0.3 is 4.74 Å². The van der Waals surface area contributed by atoms with Gasteiger partial charge in [-0.1, -0.05) is 60.3 Å². The van der Waals surface area contributed by atoms with Gasteiger partial charge in [0.15, 0.2) is 5.82 Å². The SMILES string of the molecule is CC(C)(C)OC(=O)CN1C(=O)[C@@H](Sc2n[nH]c(-c3ccccc3)n2)CCc2ccccc21. The fourth-order valence-corrected chi connectivity index (χ4v) is 4.58. The van der Waals surface area contributed by atoms with Gasteiger partial charge in [0.1, 0.15) is 12.1 Å². The first kappa shape index (κ1) is 22.1. The zero-order chi connectivity index (χ0) is 22.7. The maximum atomic E-state index is 13.5. The van der Waals surface area contributed by atoms with E-state index in [0.29, 0.717) is 17.4 Å². The molecule has 166 valence electrons. The number of aromatic amines is 1. The van der Waals surface area contributed by atoms with Crippen LogP contribution in [-0.4, -0.2) is 44.5 Å². The second-order valence-electron chi connectivity index (χ2n) is 8.62. The van der Waals surface area contributed by atoms with E-state index in [-0.39, 0.29) is 12.5 Å². The number of H-pyrrole nitrogens is 1. The lowest BCUT2D eigenvalue weighted by Gasteiger charge is -2.26. The first-order valence-electron chi connectivity index (χ1n) is 10.6. The summed E-state index contributed by atoms with van der Waals surface area (Å²) >= 11 is 1.32. The number of hydrogen-bond donors (Lipinski definition) is 1. The standard InChI is InChI=1S/C24H26N4O3S/c1-24(2,3)31-20(29)15-28-18-12-8-7-9-16(18)13-14-19(22(28)30)32-23-25-21(26-27-23)17-10-5-4-6-11-17/h4-12,19H,13-15H2,1-3H3,(H,25,26,27)/t19-/m0/s1. The van der Waals surface area contributed by atoms with Gasteiger partial charge in [-0.15, -0.1) is 5.10 Å². The van der Waals surface area contributed by atoms with E-state index < -0.39 is 16.8 Å². The van der Waals surface area contributed by atoms with Crippen molar-refractivity contribution in [3.8, 4) is 11.4 Å². The molecule has 0 bridgehead atoms. The summed E-state index contributed by atoms with van der Waals surface area (Å²) in [5.41, 5.74) is 2.10. The second kappa shape index (κ2) is 9.16. The average molecular weight is 451 g/mol. The number of nitrogens with zero attached hydrogens (tertiary/aromatic N) is 3. The van der Waals surface area contributed by atoms with E-state index in [2.05, 4.69) is 15.2 Å². The van der Waals surface area contributed by atoms with Crippen LogP contribution >= 0.6 is 11.8 Å². The zero-order valence-corrected chi connectivity index (χ0v) is 19.2. The number of anilines is 1. The summed E-state index contributed by atoms with van der Waals surface area (Å²) in [6.07, 6.45) is 1.35. The van der Waals surface area contributed by atoms with Crippen molar-refractivity contribution in [2.24, 2.45) is 0 Å². The summed E-state index contributed by atoms with van der Waals surface area (Å²) in [5.74, 6) is 0.0792. The van der Waals surface area contributed by atoms with Gasteiger partial charge in [-0.3, -0.25) is 19.6 Å². The molecular formula is C24H26N4O3S. The highest BCUT2D eigenvalue weighted by Gasteiger charge is 2.34. The van der Waals surface area contributed by atoms with Crippen molar-refractivity contribution in [1.82, 2.24) is 15.2 Å². The number of carbonyl (C=O) groups is 2. The largest absolute Gasteiger partial charge is 0.459 e. The molecular weight excluding hydrogens is 424 g/mol. The lowest BCUT2D eigenvalue weighted by atomic mass is 10.1. The summed E-state index contributed by atoms with van der Waals surface area (Å²) in [6, 6.07) is 17.4. The Kier molecular flexibility index (Phi) is 6.32. The van der Waals surface area contributed by atoms with Crippen LogP contribution in [-0.2, 0) is 20.7 Å². The molecule has 0 fully saturated rings. The van der Waals surface area contributed by atoms with Gasteiger partial charge in [0.25, 0.3) is 0 Å². The summed E-state index contributed by atoms with van der Waals surface area (Å²) in [7, 11) is 0. The number of fused-ring (bicyclic) bond motifs is 1. The van der Waals surface area contributed by atoms with Crippen molar-refractivity contribution in [1.29, 1.82) is 0 Å².